The molecule has 0 aliphatic carbocycles. The molecule has 0 bridgehead atoms. The summed E-state index contributed by atoms with van der Waals surface area (Å²) in [6, 6.07) is 28.7. The van der Waals surface area contributed by atoms with Crippen LogP contribution in [0.5, 0.6) is 0 Å². The second-order valence-corrected chi connectivity index (χ2v) is 6.55. The third-order valence-electron chi connectivity index (χ3n) is 3.76. The summed E-state index contributed by atoms with van der Waals surface area (Å²) in [4.78, 5) is 0. The molecule has 1 unspecified atom stereocenters. The molecule has 0 aliphatic heterocycles. The lowest BCUT2D eigenvalue weighted by molar-refractivity contribution is 1.03. The molecule has 2 heteroatoms. The van der Waals surface area contributed by atoms with Crippen molar-refractivity contribution in [1.82, 2.24) is 0 Å². The SMILES string of the molecule is Clc1ccccc1C(/C=C(/Br)c1ccccc1)c1ccccc1. The predicted octanol–water partition coefficient (Wildman–Crippen LogP) is 6.91. The van der Waals surface area contributed by atoms with Crippen LogP contribution in [-0.4, -0.2) is 0 Å². The molecule has 114 valence electrons. The summed E-state index contributed by atoms with van der Waals surface area (Å²) < 4.78 is 1.06. The monoisotopic (exact) mass is 382 g/mol. The van der Waals surface area contributed by atoms with Gasteiger partial charge in [-0.3, -0.25) is 0 Å². The summed E-state index contributed by atoms with van der Waals surface area (Å²) in [5.41, 5.74) is 3.47. The van der Waals surface area contributed by atoms with Gasteiger partial charge in [-0.05, 0) is 22.8 Å². The van der Waals surface area contributed by atoms with E-state index in [4.69, 9.17) is 11.6 Å². The van der Waals surface area contributed by atoms with Crippen LogP contribution in [-0.2, 0) is 0 Å². The number of halogens is 2. The van der Waals surface area contributed by atoms with Crippen LogP contribution in [0.15, 0.2) is 91.0 Å². The van der Waals surface area contributed by atoms with Crippen LogP contribution >= 0.6 is 27.5 Å². The Hall–Kier alpha value is -1.83. The Labute approximate surface area is 150 Å². The fourth-order valence-electron chi connectivity index (χ4n) is 2.59. The Morgan fingerprint density at radius 3 is 2.00 bits per heavy atom. The highest BCUT2D eigenvalue weighted by molar-refractivity contribution is 9.15. The summed E-state index contributed by atoms with van der Waals surface area (Å²) >= 11 is 10.2. The molecular formula is C21H16BrCl. The Kier molecular flexibility index (Phi) is 5.32. The fraction of sp³-hybridized carbons (Fsp3) is 0.0476. The second-order valence-electron chi connectivity index (χ2n) is 5.29. The van der Waals surface area contributed by atoms with Crippen LogP contribution < -0.4 is 0 Å². The molecule has 0 amide bonds. The van der Waals surface area contributed by atoms with Gasteiger partial charge < -0.3 is 0 Å². The number of hydrogen-bond acceptors (Lipinski definition) is 0. The number of allylic oxidation sites excluding steroid dienone is 1. The third kappa shape index (κ3) is 3.93. The maximum absolute atomic E-state index is 6.45. The van der Waals surface area contributed by atoms with Gasteiger partial charge in [-0.25, -0.2) is 0 Å². The molecule has 0 nitrogen and oxygen atoms in total. The van der Waals surface area contributed by atoms with Gasteiger partial charge in [-0.15, -0.1) is 0 Å². The molecule has 0 saturated carbocycles. The van der Waals surface area contributed by atoms with Gasteiger partial charge in [0.05, 0.1) is 0 Å². The molecule has 3 aromatic carbocycles. The number of benzene rings is 3. The lowest BCUT2D eigenvalue weighted by Gasteiger charge is -2.17. The van der Waals surface area contributed by atoms with E-state index in [1.54, 1.807) is 0 Å². The number of hydrogen-bond donors (Lipinski definition) is 0. The number of rotatable bonds is 4. The Bertz CT molecular complexity index is 794. The van der Waals surface area contributed by atoms with Gasteiger partial charge in [-0.1, -0.05) is 112 Å². The summed E-state index contributed by atoms with van der Waals surface area (Å²) in [5, 5.41) is 0.783. The molecule has 23 heavy (non-hydrogen) atoms. The van der Waals surface area contributed by atoms with Gasteiger partial charge in [0, 0.05) is 15.4 Å². The molecule has 0 N–H and O–H groups in total. The molecule has 1 atom stereocenters. The van der Waals surface area contributed by atoms with Crippen molar-refractivity contribution in [3.8, 4) is 0 Å². The minimum atomic E-state index is 0.0967. The van der Waals surface area contributed by atoms with Crippen LogP contribution in [0.3, 0.4) is 0 Å². The van der Waals surface area contributed by atoms with Crippen molar-refractivity contribution < 1.29 is 0 Å². The molecule has 0 aromatic heterocycles. The highest BCUT2D eigenvalue weighted by atomic mass is 79.9. The van der Waals surface area contributed by atoms with Crippen LogP contribution in [0.4, 0.5) is 0 Å². The van der Waals surface area contributed by atoms with Gasteiger partial charge in [0.1, 0.15) is 0 Å². The first-order valence-corrected chi connectivity index (χ1v) is 8.65. The molecule has 0 fully saturated rings. The topological polar surface area (TPSA) is 0 Å². The van der Waals surface area contributed by atoms with Crippen LogP contribution in [0.2, 0.25) is 5.02 Å². The highest BCUT2D eigenvalue weighted by Crippen LogP contribution is 2.35. The molecule has 0 saturated heterocycles. The average Bonchev–Trinajstić information content (AvgIpc) is 2.62. The Balaban J connectivity index is 2.08. The van der Waals surface area contributed by atoms with E-state index in [2.05, 4.69) is 64.5 Å². The molecule has 3 rings (SSSR count). The first kappa shape index (κ1) is 16.0. The van der Waals surface area contributed by atoms with Crippen molar-refractivity contribution in [2.24, 2.45) is 0 Å². The highest BCUT2D eigenvalue weighted by Gasteiger charge is 2.15. The van der Waals surface area contributed by atoms with Crippen LogP contribution in [0.25, 0.3) is 4.48 Å². The smallest absolute Gasteiger partial charge is 0.0447 e. The van der Waals surface area contributed by atoms with Crippen molar-refractivity contribution in [2.75, 3.05) is 0 Å². The summed E-state index contributed by atoms with van der Waals surface area (Å²) in [5.74, 6) is 0.0967. The molecule has 3 aromatic rings. The maximum atomic E-state index is 6.45. The third-order valence-corrected chi connectivity index (χ3v) is 4.83. The maximum Gasteiger partial charge on any atom is 0.0447 e. The Morgan fingerprint density at radius 1 is 0.783 bits per heavy atom. The van der Waals surface area contributed by atoms with E-state index in [0.29, 0.717) is 0 Å². The molecular weight excluding hydrogens is 368 g/mol. The zero-order valence-electron chi connectivity index (χ0n) is 12.5. The molecule has 0 heterocycles. The predicted molar refractivity (Wildman–Crippen MR) is 103 cm³/mol. The minimum absolute atomic E-state index is 0.0967. The average molecular weight is 384 g/mol. The molecule has 0 spiro atoms. The lowest BCUT2D eigenvalue weighted by Crippen LogP contribution is -1.99. The second kappa shape index (κ2) is 7.63. The van der Waals surface area contributed by atoms with Crippen molar-refractivity contribution in [1.29, 1.82) is 0 Å². The Morgan fingerprint density at radius 2 is 1.35 bits per heavy atom. The van der Waals surface area contributed by atoms with Crippen LogP contribution in [0, 0.1) is 0 Å². The van der Waals surface area contributed by atoms with E-state index in [0.717, 1.165) is 20.6 Å². The summed E-state index contributed by atoms with van der Waals surface area (Å²) in [7, 11) is 0. The van der Waals surface area contributed by atoms with Crippen LogP contribution in [0.1, 0.15) is 22.6 Å². The first-order valence-electron chi connectivity index (χ1n) is 7.48. The largest absolute Gasteiger partial charge is 0.0840 e. The summed E-state index contributed by atoms with van der Waals surface area (Å²) in [6.07, 6.45) is 2.21. The quantitative estimate of drug-likeness (QED) is 0.459. The van der Waals surface area contributed by atoms with E-state index >= 15 is 0 Å². The van der Waals surface area contributed by atoms with Gasteiger partial charge in [0.25, 0.3) is 0 Å². The van der Waals surface area contributed by atoms with E-state index in [-0.39, 0.29) is 5.92 Å². The van der Waals surface area contributed by atoms with E-state index in [1.807, 2.05) is 42.5 Å². The van der Waals surface area contributed by atoms with Gasteiger partial charge in [-0.2, -0.15) is 0 Å². The fourth-order valence-corrected chi connectivity index (χ4v) is 3.38. The van der Waals surface area contributed by atoms with Gasteiger partial charge >= 0.3 is 0 Å². The van der Waals surface area contributed by atoms with E-state index in [9.17, 15) is 0 Å². The lowest BCUT2D eigenvalue weighted by atomic mass is 9.90. The van der Waals surface area contributed by atoms with Crippen molar-refractivity contribution >= 4 is 32.0 Å². The zero-order chi connectivity index (χ0) is 16.1. The van der Waals surface area contributed by atoms with E-state index in [1.165, 1.54) is 5.56 Å². The zero-order valence-corrected chi connectivity index (χ0v) is 14.8. The van der Waals surface area contributed by atoms with E-state index < -0.39 is 0 Å². The first-order chi connectivity index (χ1) is 11.3. The molecule has 0 radical (unpaired) electrons. The van der Waals surface area contributed by atoms with Crippen molar-refractivity contribution in [3.05, 3.63) is 113 Å². The summed E-state index contributed by atoms with van der Waals surface area (Å²) in [6.45, 7) is 0. The standard InChI is InChI=1S/C21H16BrCl/c22-20(17-11-5-2-6-12-17)15-19(16-9-3-1-4-10-16)18-13-7-8-14-21(18)23/h1-15,19H/b20-15+. The minimum Gasteiger partial charge on any atom is -0.0840 e. The molecule has 0 aliphatic rings. The van der Waals surface area contributed by atoms with Gasteiger partial charge in [0.15, 0.2) is 0 Å². The van der Waals surface area contributed by atoms with Crippen molar-refractivity contribution in [3.63, 3.8) is 0 Å². The van der Waals surface area contributed by atoms with Gasteiger partial charge in [0.2, 0.25) is 0 Å². The normalized spacial score (nSPS) is 12.9. The van der Waals surface area contributed by atoms with Crippen molar-refractivity contribution in [2.45, 2.75) is 5.92 Å².